The van der Waals surface area contributed by atoms with Gasteiger partial charge in [0.25, 0.3) is 0 Å². The lowest BCUT2D eigenvalue weighted by Crippen LogP contribution is -2.41. The van der Waals surface area contributed by atoms with Crippen molar-refractivity contribution in [3.8, 4) is 0 Å². The lowest BCUT2D eigenvalue weighted by molar-refractivity contribution is 0.0572. The van der Waals surface area contributed by atoms with Crippen LogP contribution in [0.3, 0.4) is 0 Å². The second-order valence-electron chi connectivity index (χ2n) is 5.30. The molecule has 1 saturated heterocycles. The fourth-order valence-electron chi connectivity index (χ4n) is 2.77. The van der Waals surface area contributed by atoms with E-state index < -0.39 is 5.60 Å². The first-order chi connectivity index (χ1) is 8.23. The molecule has 0 aromatic rings. The zero-order valence-electron chi connectivity index (χ0n) is 10.9. The van der Waals surface area contributed by atoms with Gasteiger partial charge in [0.1, 0.15) is 0 Å². The molecule has 17 heavy (non-hydrogen) atoms. The van der Waals surface area contributed by atoms with Crippen molar-refractivity contribution in [3.63, 3.8) is 0 Å². The monoisotopic (exact) mass is 239 g/mol. The average molecular weight is 239 g/mol. The van der Waals surface area contributed by atoms with E-state index in [2.05, 4.69) is 22.1 Å². The zero-order valence-corrected chi connectivity index (χ0v) is 10.9. The first-order valence-electron chi connectivity index (χ1n) is 6.99. The Morgan fingerprint density at radius 1 is 1.24 bits per heavy atom. The van der Waals surface area contributed by atoms with Crippen LogP contribution in [0.25, 0.3) is 0 Å². The zero-order chi connectivity index (χ0) is 12.1. The van der Waals surface area contributed by atoms with Gasteiger partial charge in [-0.25, -0.2) is 0 Å². The quantitative estimate of drug-likeness (QED) is 0.577. The summed E-state index contributed by atoms with van der Waals surface area (Å²) in [6, 6.07) is 0. The number of nitrogens with one attached hydrogen (secondary N) is 1. The molecule has 0 spiro atoms. The molecule has 0 amide bonds. The van der Waals surface area contributed by atoms with Crippen LogP contribution in [0, 0.1) is 0 Å². The summed E-state index contributed by atoms with van der Waals surface area (Å²) in [5.74, 6) is 0.991. The highest BCUT2D eigenvalue weighted by Gasteiger charge is 2.31. The maximum absolute atomic E-state index is 10.3. The standard InChI is InChI=1S/C13H25N3O/c1-2-14-12(16-9-5-6-10-16)15-11-13(17)7-3-4-8-13/h17H,2-11H2,1H3,(H,14,15). The molecule has 1 saturated carbocycles. The number of nitrogens with zero attached hydrogens (tertiary/aromatic N) is 2. The third-order valence-corrected chi connectivity index (χ3v) is 3.80. The molecule has 98 valence electrons. The van der Waals surface area contributed by atoms with Gasteiger partial charge in [0, 0.05) is 19.6 Å². The molecular weight excluding hydrogens is 214 g/mol. The Bertz CT molecular complexity index is 266. The van der Waals surface area contributed by atoms with Crippen molar-refractivity contribution in [1.82, 2.24) is 10.2 Å². The van der Waals surface area contributed by atoms with Crippen LogP contribution in [0.2, 0.25) is 0 Å². The van der Waals surface area contributed by atoms with Gasteiger partial charge in [0.05, 0.1) is 12.1 Å². The summed E-state index contributed by atoms with van der Waals surface area (Å²) >= 11 is 0. The van der Waals surface area contributed by atoms with E-state index in [-0.39, 0.29) is 0 Å². The predicted molar refractivity (Wildman–Crippen MR) is 70.2 cm³/mol. The molecule has 0 atom stereocenters. The Morgan fingerprint density at radius 3 is 2.47 bits per heavy atom. The SMILES string of the molecule is CCNC(=NCC1(O)CCCC1)N1CCCC1. The molecule has 0 radical (unpaired) electrons. The van der Waals surface area contributed by atoms with E-state index in [1.807, 2.05) is 0 Å². The number of guanidine groups is 1. The number of hydrogen-bond acceptors (Lipinski definition) is 2. The molecule has 4 heteroatoms. The van der Waals surface area contributed by atoms with Crippen molar-refractivity contribution in [2.24, 2.45) is 4.99 Å². The van der Waals surface area contributed by atoms with Crippen molar-refractivity contribution in [1.29, 1.82) is 0 Å². The molecule has 2 aliphatic rings. The number of likely N-dealkylation sites (tertiary alicyclic amines) is 1. The van der Waals surface area contributed by atoms with Crippen LogP contribution in [0.4, 0.5) is 0 Å². The summed E-state index contributed by atoms with van der Waals surface area (Å²) in [5, 5.41) is 13.6. The molecule has 1 heterocycles. The van der Waals surface area contributed by atoms with Crippen LogP contribution in [-0.4, -0.2) is 47.7 Å². The van der Waals surface area contributed by atoms with Crippen molar-refractivity contribution in [3.05, 3.63) is 0 Å². The van der Waals surface area contributed by atoms with Gasteiger partial charge in [-0.1, -0.05) is 12.8 Å². The number of aliphatic hydroxyl groups is 1. The molecule has 0 unspecified atom stereocenters. The maximum atomic E-state index is 10.3. The highest BCUT2D eigenvalue weighted by atomic mass is 16.3. The molecule has 0 aromatic carbocycles. The number of rotatable bonds is 3. The lowest BCUT2D eigenvalue weighted by Gasteiger charge is -2.24. The predicted octanol–water partition coefficient (Wildman–Crippen LogP) is 1.35. The van der Waals surface area contributed by atoms with Gasteiger partial charge >= 0.3 is 0 Å². The molecule has 4 nitrogen and oxygen atoms in total. The summed E-state index contributed by atoms with van der Waals surface area (Å²) in [6.07, 6.45) is 6.63. The van der Waals surface area contributed by atoms with Crippen LogP contribution in [0.5, 0.6) is 0 Å². The van der Waals surface area contributed by atoms with Crippen molar-refractivity contribution in [2.75, 3.05) is 26.2 Å². The summed E-state index contributed by atoms with van der Waals surface area (Å²) in [4.78, 5) is 6.94. The molecule has 1 aliphatic carbocycles. The Hall–Kier alpha value is -0.770. The lowest BCUT2D eigenvalue weighted by atomic mass is 10.0. The normalized spacial score (nSPS) is 24.4. The van der Waals surface area contributed by atoms with Gasteiger partial charge in [-0.2, -0.15) is 0 Å². The fourth-order valence-corrected chi connectivity index (χ4v) is 2.77. The smallest absolute Gasteiger partial charge is 0.194 e. The summed E-state index contributed by atoms with van der Waals surface area (Å²) in [7, 11) is 0. The highest BCUT2D eigenvalue weighted by Crippen LogP contribution is 2.29. The molecule has 2 N–H and O–H groups in total. The van der Waals surface area contributed by atoms with Gasteiger partial charge < -0.3 is 15.3 Å². The van der Waals surface area contributed by atoms with Crippen molar-refractivity contribution >= 4 is 5.96 Å². The molecular formula is C13H25N3O. The molecule has 1 aliphatic heterocycles. The largest absolute Gasteiger partial charge is 0.388 e. The Kier molecular flexibility index (Phi) is 4.26. The molecule has 0 aromatic heterocycles. The summed E-state index contributed by atoms with van der Waals surface area (Å²) < 4.78 is 0. The van der Waals surface area contributed by atoms with Gasteiger partial charge in [-0.15, -0.1) is 0 Å². The van der Waals surface area contributed by atoms with E-state index >= 15 is 0 Å². The van der Waals surface area contributed by atoms with E-state index in [4.69, 9.17) is 0 Å². The van der Waals surface area contributed by atoms with Gasteiger partial charge in [0.2, 0.25) is 0 Å². The fraction of sp³-hybridized carbons (Fsp3) is 0.923. The molecule has 2 rings (SSSR count). The van der Waals surface area contributed by atoms with E-state index in [0.29, 0.717) is 6.54 Å². The van der Waals surface area contributed by atoms with Crippen molar-refractivity contribution in [2.45, 2.75) is 51.0 Å². The minimum Gasteiger partial charge on any atom is -0.388 e. The minimum absolute atomic E-state index is 0.527. The van der Waals surface area contributed by atoms with Crippen LogP contribution >= 0.6 is 0 Å². The Labute approximate surface area is 104 Å². The van der Waals surface area contributed by atoms with E-state index in [0.717, 1.165) is 51.3 Å². The van der Waals surface area contributed by atoms with Crippen molar-refractivity contribution < 1.29 is 5.11 Å². The first-order valence-corrected chi connectivity index (χ1v) is 6.99. The van der Waals surface area contributed by atoms with E-state index in [1.165, 1.54) is 12.8 Å². The van der Waals surface area contributed by atoms with Crippen LogP contribution in [0.1, 0.15) is 45.4 Å². The third-order valence-electron chi connectivity index (χ3n) is 3.80. The Balaban J connectivity index is 1.94. The second kappa shape index (κ2) is 5.71. The molecule has 0 bridgehead atoms. The minimum atomic E-state index is -0.527. The second-order valence-corrected chi connectivity index (χ2v) is 5.30. The van der Waals surface area contributed by atoms with Gasteiger partial charge in [-0.3, -0.25) is 4.99 Å². The van der Waals surface area contributed by atoms with Gasteiger partial charge in [0.15, 0.2) is 5.96 Å². The van der Waals surface area contributed by atoms with Crippen LogP contribution in [-0.2, 0) is 0 Å². The third kappa shape index (κ3) is 3.35. The number of hydrogen-bond donors (Lipinski definition) is 2. The molecule has 2 fully saturated rings. The summed E-state index contributed by atoms with van der Waals surface area (Å²) in [5.41, 5.74) is -0.527. The maximum Gasteiger partial charge on any atom is 0.194 e. The number of aliphatic imine (C=N–C) groups is 1. The van der Waals surface area contributed by atoms with Gasteiger partial charge in [-0.05, 0) is 32.6 Å². The van der Waals surface area contributed by atoms with E-state index in [1.54, 1.807) is 0 Å². The first kappa shape index (κ1) is 12.7. The van der Waals surface area contributed by atoms with Crippen LogP contribution in [0.15, 0.2) is 4.99 Å². The average Bonchev–Trinajstić information content (AvgIpc) is 2.96. The summed E-state index contributed by atoms with van der Waals surface area (Å²) in [6.45, 7) is 5.75. The Morgan fingerprint density at radius 2 is 1.88 bits per heavy atom. The highest BCUT2D eigenvalue weighted by molar-refractivity contribution is 5.80. The topological polar surface area (TPSA) is 47.9 Å². The van der Waals surface area contributed by atoms with Crippen LogP contribution < -0.4 is 5.32 Å². The van der Waals surface area contributed by atoms with E-state index in [9.17, 15) is 5.11 Å².